The van der Waals surface area contributed by atoms with Crippen LogP contribution in [0.3, 0.4) is 0 Å². The van der Waals surface area contributed by atoms with Crippen LogP contribution in [0.25, 0.3) is 6.08 Å². The lowest BCUT2D eigenvalue weighted by Crippen LogP contribution is -2.37. The minimum Gasteiger partial charge on any atom is -0.373 e. The van der Waals surface area contributed by atoms with Gasteiger partial charge in [-0.3, -0.25) is 0 Å². The van der Waals surface area contributed by atoms with Crippen LogP contribution in [0, 0.1) is 17.8 Å². The number of benzene rings is 3. The van der Waals surface area contributed by atoms with Crippen LogP contribution < -0.4 is 0 Å². The van der Waals surface area contributed by atoms with Crippen LogP contribution in [0.5, 0.6) is 0 Å². The van der Waals surface area contributed by atoms with E-state index in [0.29, 0.717) is 0 Å². The Morgan fingerprint density at radius 2 is 1.43 bits per heavy atom. The molecule has 3 rings (SSSR count). The van der Waals surface area contributed by atoms with Gasteiger partial charge in [-0.15, -0.1) is 0 Å². The molecule has 0 saturated carbocycles. The van der Waals surface area contributed by atoms with E-state index in [1.165, 1.54) is 5.56 Å². The van der Waals surface area contributed by atoms with E-state index in [1.807, 2.05) is 91.9 Å². The van der Waals surface area contributed by atoms with Gasteiger partial charge in [-0.25, -0.2) is 0 Å². The first-order valence-electron chi connectivity index (χ1n) is 9.66. The summed E-state index contributed by atoms with van der Waals surface area (Å²) in [6.07, 6.45) is 2.78. The molecule has 1 N–H and O–H groups in total. The van der Waals surface area contributed by atoms with Gasteiger partial charge in [0, 0.05) is 11.5 Å². The fraction of sp³-hybridized carbons (Fsp3) is 0.185. The summed E-state index contributed by atoms with van der Waals surface area (Å²) in [7, 11) is 0. The molecule has 0 spiro atoms. The molecule has 2 unspecified atom stereocenters. The van der Waals surface area contributed by atoms with Gasteiger partial charge in [0.1, 0.15) is 5.60 Å². The van der Waals surface area contributed by atoms with E-state index < -0.39 is 5.60 Å². The first-order chi connectivity index (χ1) is 13.6. The predicted molar refractivity (Wildman–Crippen MR) is 118 cm³/mol. The van der Waals surface area contributed by atoms with E-state index >= 15 is 0 Å². The Morgan fingerprint density at radius 1 is 0.893 bits per heavy atom. The van der Waals surface area contributed by atoms with Crippen molar-refractivity contribution in [2.45, 2.75) is 25.9 Å². The van der Waals surface area contributed by atoms with Gasteiger partial charge >= 0.3 is 0 Å². The van der Waals surface area contributed by atoms with Gasteiger partial charge in [0.25, 0.3) is 0 Å². The van der Waals surface area contributed by atoms with E-state index in [0.717, 1.165) is 23.1 Å². The van der Waals surface area contributed by atoms with Gasteiger partial charge in [-0.05, 0) is 42.2 Å². The SMILES string of the molecule is C/C(=C\c1ccccc1)C(O)(C#Cc1ccccc1)C(C)Cc1ccccc1. The van der Waals surface area contributed by atoms with Crippen molar-refractivity contribution in [1.29, 1.82) is 0 Å². The number of rotatable bonds is 5. The average Bonchev–Trinajstić information content (AvgIpc) is 2.74. The maximum atomic E-state index is 11.7. The van der Waals surface area contributed by atoms with Gasteiger partial charge in [0.15, 0.2) is 0 Å². The van der Waals surface area contributed by atoms with Crippen LogP contribution >= 0.6 is 0 Å². The lowest BCUT2D eigenvalue weighted by Gasteiger charge is -2.31. The maximum Gasteiger partial charge on any atom is 0.150 e. The highest BCUT2D eigenvalue weighted by molar-refractivity contribution is 5.57. The molecule has 28 heavy (non-hydrogen) atoms. The molecule has 0 saturated heterocycles. The molecule has 0 bridgehead atoms. The molecular formula is C27H26O. The summed E-state index contributed by atoms with van der Waals surface area (Å²) in [6, 6.07) is 30.2. The van der Waals surface area contributed by atoms with Crippen molar-refractivity contribution in [3.8, 4) is 11.8 Å². The van der Waals surface area contributed by atoms with Crippen LogP contribution in [0.15, 0.2) is 96.6 Å². The highest BCUT2D eigenvalue weighted by Gasteiger charge is 2.34. The molecule has 0 aliphatic heterocycles. The molecule has 3 aromatic carbocycles. The Balaban J connectivity index is 1.97. The third-order valence-corrected chi connectivity index (χ3v) is 5.05. The Kier molecular flexibility index (Phi) is 6.48. The molecule has 0 amide bonds. The molecule has 1 heteroatoms. The smallest absolute Gasteiger partial charge is 0.150 e. The second-order valence-corrected chi connectivity index (χ2v) is 7.21. The molecule has 0 heterocycles. The summed E-state index contributed by atoms with van der Waals surface area (Å²) in [5.41, 5.74) is 2.79. The second-order valence-electron chi connectivity index (χ2n) is 7.21. The molecule has 0 aliphatic carbocycles. The Hall–Kier alpha value is -3.08. The van der Waals surface area contributed by atoms with Crippen molar-refractivity contribution < 1.29 is 5.11 Å². The Morgan fingerprint density at radius 3 is 2.04 bits per heavy atom. The van der Waals surface area contributed by atoms with Gasteiger partial charge < -0.3 is 5.11 Å². The topological polar surface area (TPSA) is 20.2 Å². The molecule has 0 fully saturated rings. The lowest BCUT2D eigenvalue weighted by molar-refractivity contribution is 0.0824. The molecule has 0 aromatic heterocycles. The van der Waals surface area contributed by atoms with E-state index in [1.54, 1.807) is 0 Å². The van der Waals surface area contributed by atoms with Crippen molar-refractivity contribution in [3.63, 3.8) is 0 Å². The minimum atomic E-state index is -1.22. The molecule has 2 atom stereocenters. The molecule has 0 aliphatic rings. The highest BCUT2D eigenvalue weighted by Crippen LogP contribution is 2.30. The summed E-state index contributed by atoms with van der Waals surface area (Å²) in [5, 5.41) is 11.7. The lowest BCUT2D eigenvalue weighted by atomic mass is 9.79. The first-order valence-corrected chi connectivity index (χ1v) is 9.66. The van der Waals surface area contributed by atoms with Gasteiger partial charge in [-0.1, -0.05) is 104 Å². The quantitative estimate of drug-likeness (QED) is 0.570. The molecule has 140 valence electrons. The third-order valence-electron chi connectivity index (χ3n) is 5.05. The Bertz CT molecular complexity index is 962. The zero-order chi connectivity index (χ0) is 19.8. The van der Waals surface area contributed by atoms with Gasteiger partial charge in [0.05, 0.1) is 0 Å². The fourth-order valence-electron chi connectivity index (χ4n) is 3.32. The van der Waals surface area contributed by atoms with Crippen molar-refractivity contribution in [2.24, 2.45) is 5.92 Å². The van der Waals surface area contributed by atoms with Crippen LogP contribution in [-0.2, 0) is 6.42 Å². The number of aliphatic hydroxyl groups is 1. The number of hydrogen-bond acceptors (Lipinski definition) is 1. The molecular weight excluding hydrogens is 340 g/mol. The molecule has 3 aromatic rings. The molecule has 1 nitrogen and oxygen atoms in total. The molecule has 0 radical (unpaired) electrons. The fourth-order valence-corrected chi connectivity index (χ4v) is 3.32. The summed E-state index contributed by atoms with van der Waals surface area (Å²) in [5.74, 6) is 6.30. The van der Waals surface area contributed by atoms with E-state index in [2.05, 4.69) is 30.9 Å². The van der Waals surface area contributed by atoms with Crippen molar-refractivity contribution in [1.82, 2.24) is 0 Å². The summed E-state index contributed by atoms with van der Waals surface area (Å²) in [4.78, 5) is 0. The van der Waals surface area contributed by atoms with Crippen LogP contribution in [0.2, 0.25) is 0 Å². The van der Waals surface area contributed by atoms with Gasteiger partial charge in [0.2, 0.25) is 0 Å². The van der Waals surface area contributed by atoms with Crippen molar-refractivity contribution >= 4 is 6.08 Å². The summed E-state index contributed by atoms with van der Waals surface area (Å²) in [6.45, 7) is 4.03. The van der Waals surface area contributed by atoms with Crippen LogP contribution in [0.4, 0.5) is 0 Å². The van der Waals surface area contributed by atoms with Crippen LogP contribution in [-0.4, -0.2) is 10.7 Å². The monoisotopic (exact) mass is 366 g/mol. The number of hydrogen-bond donors (Lipinski definition) is 1. The van der Waals surface area contributed by atoms with E-state index in [-0.39, 0.29) is 5.92 Å². The highest BCUT2D eigenvalue weighted by atomic mass is 16.3. The normalized spacial score (nSPS) is 14.5. The minimum absolute atomic E-state index is 0.0638. The third kappa shape index (κ3) is 5.00. The average molecular weight is 367 g/mol. The largest absolute Gasteiger partial charge is 0.373 e. The summed E-state index contributed by atoms with van der Waals surface area (Å²) < 4.78 is 0. The van der Waals surface area contributed by atoms with E-state index in [4.69, 9.17) is 0 Å². The Labute approximate surface area is 168 Å². The second kappa shape index (κ2) is 9.22. The summed E-state index contributed by atoms with van der Waals surface area (Å²) >= 11 is 0. The zero-order valence-corrected chi connectivity index (χ0v) is 16.5. The maximum absolute atomic E-state index is 11.7. The van der Waals surface area contributed by atoms with Crippen LogP contribution in [0.1, 0.15) is 30.5 Å². The predicted octanol–water partition coefficient (Wildman–Crippen LogP) is 5.75. The van der Waals surface area contributed by atoms with Gasteiger partial charge in [-0.2, -0.15) is 0 Å². The first kappa shape index (κ1) is 19.7. The van der Waals surface area contributed by atoms with Crippen molar-refractivity contribution in [2.75, 3.05) is 0 Å². The van der Waals surface area contributed by atoms with E-state index in [9.17, 15) is 5.11 Å². The van der Waals surface area contributed by atoms with Crippen molar-refractivity contribution in [3.05, 3.63) is 113 Å². The zero-order valence-electron chi connectivity index (χ0n) is 16.5. The standard InChI is InChI=1S/C27H26O/c1-22(20-25-14-8-4-9-15-25)27(28,19-18-24-12-6-3-7-13-24)23(2)21-26-16-10-5-11-17-26/h3-17,20,23,28H,21H2,1-2H3/b22-20+.